The Balaban J connectivity index is 1.67. The first kappa shape index (κ1) is 21.1. The third-order valence-corrected chi connectivity index (χ3v) is 4.27. The normalized spacial score (nSPS) is 16.8. The first-order valence-corrected chi connectivity index (χ1v) is 8.79. The molecule has 3 N–H and O–H groups in total. The SMILES string of the molecule is CN1C(=O)CC(c2cccc(NC(=O)c3ccc(OCC(F)(F)F)cn3)c2)N=C1N. The van der Waals surface area contributed by atoms with Crippen molar-refractivity contribution >= 4 is 23.5 Å². The topological polar surface area (TPSA) is 110 Å². The molecule has 1 unspecified atom stereocenters. The van der Waals surface area contributed by atoms with Crippen LogP contribution in [0.5, 0.6) is 5.75 Å². The number of aromatic nitrogens is 1. The number of rotatable bonds is 5. The Morgan fingerprint density at radius 1 is 1.33 bits per heavy atom. The molecule has 0 saturated carbocycles. The van der Waals surface area contributed by atoms with Crippen LogP contribution in [0.4, 0.5) is 18.9 Å². The van der Waals surface area contributed by atoms with E-state index in [2.05, 4.69) is 20.0 Å². The van der Waals surface area contributed by atoms with Crippen LogP contribution in [-0.2, 0) is 4.79 Å². The molecule has 11 heteroatoms. The van der Waals surface area contributed by atoms with E-state index in [1.54, 1.807) is 31.3 Å². The van der Waals surface area contributed by atoms with Crippen molar-refractivity contribution in [2.75, 3.05) is 19.0 Å². The van der Waals surface area contributed by atoms with Crippen molar-refractivity contribution in [3.63, 3.8) is 0 Å². The summed E-state index contributed by atoms with van der Waals surface area (Å²) in [5, 5.41) is 2.65. The van der Waals surface area contributed by atoms with Crippen LogP contribution in [0.15, 0.2) is 47.6 Å². The lowest BCUT2D eigenvalue weighted by atomic mass is 10.0. The maximum atomic E-state index is 12.4. The Morgan fingerprint density at radius 2 is 2.10 bits per heavy atom. The second-order valence-corrected chi connectivity index (χ2v) is 6.52. The molecule has 8 nitrogen and oxygen atoms in total. The number of aliphatic imine (C=N–C) groups is 1. The number of benzene rings is 1. The summed E-state index contributed by atoms with van der Waals surface area (Å²) in [4.78, 5) is 33.7. The standard InChI is InChI=1S/C19H18F3N5O3/c1-27-16(28)8-15(26-18(27)23)11-3-2-4-12(7-11)25-17(29)14-6-5-13(9-24-14)30-10-19(20,21)22/h2-7,9,15H,8,10H2,1H3,(H2,23,26)(H,25,29). The molecule has 0 radical (unpaired) electrons. The number of ether oxygens (including phenoxy) is 1. The molecule has 0 saturated heterocycles. The second kappa shape index (κ2) is 8.39. The number of alkyl halides is 3. The predicted octanol–water partition coefficient (Wildman–Crippen LogP) is 2.49. The highest BCUT2D eigenvalue weighted by Gasteiger charge is 2.28. The minimum atomic E-state index is -4.46. The Labute approximate surface area is 169 Å². The smallest absolute Gasteiger partial charge is 0.422 e. The number of carbonyl (C=O) groups is 2. The highest BCUT2D eigenvalue weighted by Crippen LogP contribution is 2.27. The molecule has 1 atom stereocenters. The van der Waals surface area contributed by atoms with Crippen molar-refractivity contribution < 1.29 is 27.5 Å². The largest absolute Gasteiger partial charge is 0.483 e. The molecule has 1 aromatic heterocycles. The predicted molar refractivity (Wildman–Crippen MR) is 102 cm³/mol. The van der Waals surface area contributed by atoms with Gasteiger partial charge in [-0.1, -0.05) is 12.1 Å². The molecule has 1 aliphatic heterocycles. The molecule has 1 aromatic carbocycles. The van der Waals surface area contributed by atoms with Crippen LogP contribution in [-0.4, -0.2) is 47.5 Å². The lowest BCUT2D eigenvalue weighted by molar-refractivity contribution is -0.153. The summed E-state index contributed by atoms with van der Waals surface area (Å²) in [6, 6.07) is 8.79. The zero-order valence-corrected chi connectivity index (χ0v) is 15.8. The van der Waals surface area contributed by atoms with Crippen molar-refractivity contribution in [2.24, 2.45) is 10.7 Å². The van der Waals surface area contributed by atoms with Gasteiger partial charge in [0.1, 0.15) is 11.4 Å². The summed E-state index contributed by atoms with van der Waals surface area (Å²) in [5.74, 6) is -0.716. The van der Waals surface area contributed by atoms with E-state index in [1.807, 2.05) is 0 Å². The van der Waals surface area contributed by atoms with E-state index in [0.29, 0.717) is 11.3 Å². The van der Waals surface area contributed by atoms with Crippen molar-refractivity contribution in [1.82, 2.24) is 9.88 Å². The molecule has 1 aliphatic rings. The van der Waals surface area contributed by atoms with E-state index in [1.165, 1.54) is 17.0 Å². The molecule has 3 rings (SSSR count). The van der Waals surface area contributed by atoms with Crippen LogP contribution < -0.4 is 15.8 Å². The summed E-state index contributed by atoms with van der Waals surface area (Å²) in [6.07, 6.45) is -3.28. The zero-order chi connectivity index (χ0) is 21.9. The zero-order valence-electron chi connectivity index (χ0n) is 15.8. The number of guanidine groups is 1. The minimum absolute atomic E-state index is 0.00324. The number of hydrogen-bond acceptors (Lipinski definition) is 6. The fraction of sp³-hybridized carbons (Fsp3) is 0.263. The lowest BCUT2D eigenvalue weighted by Gasteiger charge is -2.25. The maximum absolute atomic E-state index is 12.4. The molecule has 2 amide bonds. The number of halogens is 3. The molecule has 2 aromatic rings. The molecule has 0 bridgehead atoms. The van der Waals surface area contributed by atoms with Gasteiger partial charge in [-0.2, -0.15) is 13.2 Å². The summed E-state index contributed by atoms with van der Waals surface area (Å²) in [7, 11) is 1.54. The van der Waals surface area contributed by atoms with Gasteiger partial charge in [-0.25, -0.2) is 9.98 Å². The molecular weight excluding hydrogens is 403 g/mol. The fourth-order valence-electron chi connectivity index (χ4n) is 2.70. The highest BCUT2D eigenvalue weighted by molar-refractivity contribution is 6.03. The van der Waals surface area contributed by atoms with Gasteiger partial charge in [0.05, 0.1) is 18.7 Å². The molecular formula is C19H18F3N5O3. The van der Waals surface area contributed by atoms with E-state index in [0.717, 1.165) is 6.20 Å². The first-order valence-electron chi connectivity index (χ1n) is 8.79. The van der Waals surface area contributed by atoms with Crippen molar-refractivity contribution in [3.8, 4) is 5.75 Å². The average molecular weight is 421 g/mol. The van der Waals surface area contributed by atoms with Crippen molar-refractivity contribution in [2.45, 2.75) is 18.6 Å². The van der Waals surface area contributed by atoms with Gasteiger partial charge < -0.3 is 15.8 Å². The Hall–Kier alpha value is -3.63. The number of anilines is 1. The Bertz CT molecular complexity index is 976. The van der Waals surface area contributed by atoms with Crippen molar-refractivity contribution in [1.29, 1.82) is 0 Å². The number of amides is 2. The summed E-state index contributed by atoms with van der Waals surface area (Å²) < 4.78 is 41.1. The number of nitrogens with one attached hydrogen (secondary N) is 1. The number of nitrogens with zero attached hydrogens (tertiary/aromatic N) is 3. The van der Waals surface area contributed by atoms with Crippen LogP contribution in [0.2, 0.25) is 0 Å². The number of hydrogen-bond donors (Lipinski definition) is 2. The van der Waals surface area contributed by atoms with E-state index in [4.69, 9.17) is 5.73 Å². The van der Waals surface area contributed by atoms with E-state index in [9.17, 15) is 22.8 Å². The fourth-order valence-corrected chi connectivity index (χ4v) is 2.70. The van der Waals surface area contributed by atoms with Crippen LogP contribution >= 0.6 is 0 Å². The molecule has 0 aliphatic carbocycles. The van der Waals surface area contributed by atoms with Gasteiger partial charge in [0.15, 0.2) is 12.6 Å². The van der Waals surface area contributed by atoms with Gasteiger partial charge in [-0.3, -0.25) is 14.5 Å². The summed E-state index contributed by atoms with van der Waals surface area (Å²) >= 11 is 0. The van der Waals surface area contributed by atoms with Crippen LogP contribution in [0, 0.1) is 0 Å². The number of nitrogens with two attached hydrogens (primary N) is 1. The Kier molecular flexibility index (Phi) is 5.90. The van der Waals surface area contributed by atoms with Gasteiger partial charge in [-0.05, 0) is 29.8 Å². The third-order valence-electron chi connectivity index (χ3n) is 4.27. The number of carbonyl (C=O) groups excluding carboxylic acids is 2. The number of pyridine rings is 1. The van der Waals surface area contributed by atoms with Gasteiger partial charge in [-0.15, -0.1) is 0 Å². The average Bonchev–Trinajstić information content (AvgIpc) is 2.70. The van der Waals surface area contributed by atoms with Gasteiger partial charge >= 0.3 is 6.18 Å². The van der Waals surface area contributed by atoms with Crippen LogP contribution in [0.25, 0.3) is 0 Å². The van der Waals surface area contributed by atoms with Gasteiger partial charge in [0.2, 0.25) is 5.91 Å². The van der Waals surface area contributed by atoms with Gasteiger partial charge in [0.25, 0.3) is 5.91 Å². The molecule has 158 valence electrons. The molecule has 2 heterocycles. The highest BCUT2D eigenvalue weighted by atomic mass is 19.4. The summed E-state index contributed by atoms with van der Waals surface area (Å²) in [6.45, 7) is -1.44. The third kappa shape index (κ3) is 5.25. The van der Waals surface area contributed by atoms with Crippen molar-refractivity contribution in [3.05, 3.63) is 53.9 Å². The quantitative estimate of drug-likeness (QED) is 0.771. The minimum Gasteiger partial charge on any atom is -0.483 e. The van der Waals surface area contributed by atoms with E-state index in [-0.39, 0.29) is 29.7 Å². The van der Waals surface area contributed by atoms with E-state index >= 15 is 0 Å². The monoisotopic (exact) mass is 421 g/mol. The molecule has 0 spiro atoms. The maximum Gasteiger partial charge on any atom is 0.422 e. The molecule has 30 heavy (non-hydrogen) atoms. The second-order valence-electron chi connectivity index (χ2n) is 6.52. The molecule has 0 fully saturated rings. The van der Waals surface area contributed by atoms with E-state index < -0.39 is 24.7 Å². The first-order chi connectivity index (χ1) is 14.1. The van der Waals surface area contributed by atoms with Crippen LogP contribution in [0.3, 0.4) is 0 Å². The lowest BCUT2D eigenvalue weighted by Crippen LogP contribution is -2.42. The summed E-state index contributed by atoms with van der Waals surface area (Å²) in [5.41, 5.74) is 6.89. The van der Waals surface area contributed by atoms with Crippen LogP contribution in [0.1, 0.15) is 28.5 Å². The Morgan fingerprint density at radius 3 is 2.73 bits per heavy atom. The van der Waals surface area contributed by atoms with Gasteiger partial charge in [0, 0.05) is 12.7 Å².